The molecule has 1 aromatic heterocycles. The SMILES string of the molecule is CN(Cc1ccccc1)S(=O)(=O)c1ncn(C)c1Cl. The van der Waals surface area contributed by atoms with Crippen LogP contribution in [0.25, 0.3) is 0 Å². The number of rotatable bonds is 4. The van der Waals surface area contributed by atoms with E-state index < -0.39 is 10.0 Å². The Morgan fingerprint density at radius 1 is 1.32 bits per heavy atom. The molecule has 0 aliphatic heterocycles. The van der Waals surface area contributed by atoms with Gasteiger partial charge in [-0.1, -0.05) is 41.9 Å². The van der Waals surface area contributed by atoms with Gasteiger partial charge in [-0.2, -0.15) is 4.31 Å². The molecule has 1 aromatic carbocycles. The Balaban J connectivity index is 2.28. The fourth-order valence-corrected chi connectivity index (χ4v) is 3.18. The predicted molar refractivity (Wildman–Crippen MR) is 73.3 cm³/mol. The summed E-state index contributed by atoms with van der Waals surface area (Å²) in [5.74, 6) is 0. The first-order valence-corrected chi connectivity index (χ1v) is 7.42. The minimum atomic E-state index is -3.68. The van der Waals surface area contributed by atoms with Crippen molar-refractivity contribution in [3.05, 3.63) is 47.4 Å². The van der Waals surface area contributed by atoms with E-state index in [0.29, 0.717) is 0 Å². The lowest BCUT2D eigenvalue weighted by Gasteiger charge is -2.16. The van der Waals surface area contributed by atoms with Gasteiger partial charge in [0.15, 0.2) is 0 Å². The molecule has 1 heterocycles. The highest BCUT2D eigenvalue weighted by Crippen LogP contribution is 2.22. The molecule has 0 radical (unpaired) electrons. The summed E-state index contributed by atoms with van der Waals surface area (Å²) < 4.78 is 27.4. The highest BCUT2D eigenvalue weighted by atomic mass is 35.5. The van der Waals surface area contributed by atoms with Gasteiger partial charge in [0.2, 0.25) is 5.03 Å². The lowest BCUT2D eigenvalue weighted by molar-refractivity contribution is 0.464. The monoisotopic (exact) mass is 299 g/mol. The molecule has 2 rings (SSSR count). The molecule has 0 unspecified atom stereocenters. The average molecular weight is 300 g/mol. The second-order valence-corrected chi connectivity index (χ2v) is 6.52. The van der Waals surface area contributed by atoms with Crippen LogP contribution in [-0.2, 0) is 23.6 Å². The van der Waals surface area contributed by atoms with E-state index in [1.807, 2.05) is 30.3 Å². The van der Waals surface area contributed by atoms with Crippen LogP contribution in [0.15, 0.2) is 41.7 Å². The van der Waals surface area contributed by atoms with Crippen LogP contribution in [0.5, 0.6) is 0 Å². The van der Waals surface area contributed by atoms with Crippen LogP contribution in [0.1, 0.15) is 5.56 Å². The predicted octanol–water partition coefficient (Wildman–Crippen LogP) is 1.89. The van der Waals surface area contributed by atoms with Crippen molar-refractivity contribution in [2.45, 2.75) is 11.6 Å². The topological polar surface area (TPSA) is 55.2 Å². The molecule has 2 aromatic rings. The van der Waals surface area contributed by atoms with E-state index in [9.17, 15) is 8.42 Å². The summed E-state index contributed by atoms with van der Waals surface area (Å²) in [6.07, 6.45) is 1.38. The molecular formula is C12H14ClN3O2S. The lowest BCUT2D eigenvalue weighted by atomic mass is 10.2. The number of aryl methyl sites for hydroxylation is 1. The minimum absolute atomic E-state index is 0.111. The van der Waals surface area contributed by atoms with Crippen LogP contribution in [0.2, 0.25) is 5.15 Å². The summed E-state index contributed by atoms with van der Waals surface area (Å²) in [5.41, 5.74) is 0.903. The third kappa shape index (κ3) is 2.80. The Labute approximate surface area is 117 Å². The van der Waals surface area contributed by atoms with E-state index in [0.717, 1.165) is 5.56 Å². The zero-order chi connectivity index (χ0) is 14.0. The Hall–Kier alpha value is -1.37. The summed E-state index contributed by atoms with van der Waals surface area (Å²) in [6, 6.07) is 9.35. The van der Waals surface area contributed by atoms with Gasteiger partial charge in [0.25, 0.3) is 10.0 Å². The van der Waals surface area contributed by atoms with Gasteiger partial charge >= 0.3 is 0 Å². The van der Waals surface area contributed by atoms with Gasteiger partial charge in [0.1, 0.15) is 5.15 Å². The number of sulfonamides is 1. The largest absolute Gasteiger partial charge is 0.324 e. The van der Waals surface area contributed by atoms with Gasteiger partial charge in [-0.25, -0.2) is 13.4 Å². The number of hydrogen-bond acceptors (Lipinski definition) is 3. The molecule has 19 heavy (non-hydrogen) atoms. The van der Waals surface area contributed by atoms with E-state index in [1.165, 1.54) is 22.2 Å². The molecular weight excluding hydrogens is 286 g/mol. The molecule has 0 aliphatic rings. The van der Waals surface area contributed by atoms with Crippen LogP contribution in [-0.4, -0.2) is 29.3 Å². The zero-order valence-electron chi connectivity index (χ0n) is 10.6. The van der Waals surface area contributed by atoms with Gasteiger partial charge in [-0.05, 0) is 5.56 Å². The van der Waals surface area contributed by atoms with Crippen LogP contribution >= 0.6 is 11.6 Å². The van der Waals surface area contributed by atoms with Crippen LogP contribution in [0, 0.1) is 0 Å². The van der Waals surface area contributed by atoms with Crippen molar-refractivity contribution in [3.8, 4) is 0 Å². The number of hydrogen-bond donors (Lipinski definition) is 0. The Morgan fingerprint density at radius 3 is 2.47 bits per heavy atom. The van der Waals surface area contributed by atoms with Crippen molar-refractivity contribution < 1.29 is 8.42 Å². The van der Waals surface area contributed by atoms with Gasteiger partial charge in [0.05, 0.1) is 6.33 Å². The smallest absolute Gasteiger partial charge is 0.263 e. The Kier molecular flexibility index (Phi) is 3.93. The first kappa shape index (κ1) is 14.0. The normalized spacial score (nSPS) is 12.0. The summed E-state index contributed by atoms with van der Waals surface area (Å²) in [5, 5.41) is -0.00462. The summed E-state index contributed by atoms with van der Waals surface area (Å²) in [4.78, 5) is 3.85. The van der Waals surface area contributed by atoms with Gasteiger partial charge in [-0.15, -0.1) is 0 Å². The second-order valence-electron chi connectivity index (χ2n) is 4.20. The molecule has 7 heteroatoms. The highest BCUT2D eigenvalue weighted by Gasteiger charge is 2.27. The highest BCUT2D eigenvalue weighted by molar-refractivity contribution is 7.89. The summed E-state index contributed by atoms with van der Waals surface area (Å²) in [6.45, 7) is 0.274. The van der Waals surface area contributed by atoms with Crippen molar-refractivity contribution in [3.63, 3.8) is 0 Å². The molecule has 0 amide bonds. The van der Waals surface area contributed by atoms with E-state index in [1.54, 1.807) is 7.05 Å². The Bertz CT molecular complexity index is 668. The van der Waals surface area contributed by atoms with Crippen LogP contribution < -0.4 is 0 Å². The first-order valence-electron chi connectivity index (χ1n) is 5.60. The maximum atomic E-state index is 12.3. The molecule has 0 aliphatic carbocycles. The van der Waals surface area contributed by atoms with Gasteiger partial charge in [-0.3, -0.25) is 0 Å². The number of benzene rings is 1. The van der Waals surface area contributed by atoms with Gasteiger partial charge in [0, 0.05) is 20.6 Å². The standard InChI is InChI=1S/C12H14ClN3O2S/c1-15-9-14-12(11(15)13)19(17,18)16(2)8-10-6-4-3-5-7-10/h3-7,9H,8H2,1-2H3. The molecule has 0 spiro atoms. The number of aromatic nitrogens is 2. The third-order valence-corrected chi connectivity index (χ3v) is 5.03. The fourth-order valence-electron chi connectivity index (χ4n) is 1.64. The molecule has 5 nitrogen and oxygen atoms in total. The first-order chi connectivity index (χ1) is 8.93. The average Bonchev–Trinajstić information content (AvgIpc) is 2.71. The number of nitrogens with zero attached hydrogens (tertiary/aromatic N) is 3. The molecule has 0 fully saturated rings. The van der Waals surface area contributed by atoms with E-state index in [-0.39, 0.29) is 16.7 Å². The Morgan fingerprint density at radius 2 is 1.95 bits per heavy atom. The van der Waals surface area contributed by atoms with Crippen molar-refractivity contribution in [1.82, 2.24) is 13.9 Å². The molecule has 0 N–H and O–H groups in total. The number of imidazole rings is 1. The van der Waals surface area contributed by atoms with Crippen LogP contribution in [0.3, 0.4) is 0 Å². The van der Waals surface area contributed by atoms with Crippen LogP contribution in [0.4, 0.5) is 0 Å². The molecule has 0 atom stereocenters. The third-order valence-electron chi connectivity index (χ3n) is 2.74. The maximum absolute atomic E-state index is 12.3. The molecule has 0 saturated carbocycles. The zero-order valence-corrected chi connectivity index (χ0v) is 12.2. The van der Waals surface area contributed by atoms with Crippen molar-refractivity contribution in [2.75, 3.05) is 7.05 Å². The van der Waals surface area contributed by atoms with Gasteiger partial charge < -0.3 is 4.57 Å². The molecule has 0 saturated heterocycles. The van der Waals surface area contributed by atoms with E-state index in [4.69, 9.17) is 11.6 Å². The minimum Gasteiger partial charge on any atom is -0.324 e. The van der Waals surface area contributed by atoms with Crippen molar-refractivity contribution in [1.29, 1.82) is 0 Å². The maximum Gasteiger partial charge on any atom is 0.263 e. The summed E-state index contributed by atoms with van der Waals surface area (Å²) in [7, 11) is -0.526. The number of halogens is 1. The second kappa shape index (κ2) is 5.32. The molecule has 102 valence electrons. The fraction of sp³-hybridized carbons (Fsp3) is 0.250. The van der Waals surface area contributed by atoms with Crippen molar-refractivity contribution in [2.24, 2.45) is 7.05 Å². The van der Waals surface area contributed by atoms with E-state index in [2.05, 4.69) is 4.98 Å². The van der Waals surface area contributed by atoms with Crippen molar-refractivity contribution >= 4 is 21.6 Å². The van der Waals surface area contributed by atoms with E-state index >= 15 is 0 Å². The summed E-state index contributed by atoms with van der Waals surface area (Å²) >= 11 is 5.93. The quantitative estimate of drug-likeness (QED) is 0.866. The molecule has 0 bridgehead atoms. The lowest BCUT2D eigenvalue weighted by Crippen LogP contribution is -2.27.